The number of carbonyl (C=O) groups excluding carboxylic acids is 1. The zero-order chi connectivity index (χ0) is 14.7. The van der Waals surface area contributed by atoms with Gasteiger partial charge < -0.3 is 14.5 Å². The molecular weight excluding hydrogens is 266 g/mol. The van der Waals surface area contributed by atoms with Crippen molar-refractivity contribution >= 4 is 5.91 Å². The summed E-state index contributed by atoms with van der Waals surface area (Å²) in [6, 6.07) is 5.85. The Bertz CT molecular complexity index is 500. The maximum atomic E-state index is 12.5. The Morgan fingerprint density at radius 2 is 2.10 bits per heavy atom. The highest BCUT2D eigenvalue weighted by Gasteiger charge is 2.23. The van der Waals surface area contributed by atoms with E-state index in [4.69, 9.17) is 4.74 Å². The van der Waals surface area contributed by atoms with Crippen molar-refractivity contribution in [2.45, 2.75) is 18.8 Å². The lowest BCUT2D eigenvalue weighted by molar-refractivity contribution is 0.0298. The maximum Gasteiger partial charge on any atom is 0.272 e. The minimum absolute atomic E-state index is 0.0318. The van der Waals surface area contributed by atoms with Gasteiger partial charge in [0.05, 0.1) is 13.2 Å². The molecule has 3 rings (SSSR count). The lowest BCUT2D eigenvalue weighted by atomic mass is 9.94. The fourth-order valence-corrected chi connectivity index (χ4v) is 3.13. The number of aromatic nitrogens is 1. The normalized spacial score (nSPS) is 24.0. The fraction of sp³-hybridized carbons (Fsp3) is 0.625. The van der Waals surface area contributed by atoms with Gasteiger partial charge in [0.1, 0.15) is 5.69 Å². The van der Waals surface area contributed by atoms with Crippen LogP contribution in [0.4, 0.5) is 0 Å². The Morgan fingerprint density at radius 3 is 2.86 bits per heavy atom. The third-order valence-corrected chi connectivity index (χ3v) is 4.33. The van der Waals surface area contributed by atoms with E-state index in [0.717, 1.165) is 25.2 Å². The van der Waals surface area contributed by atoms with Crippen molar-refractivity contribution < 1.29 is 9.53 Å². The molecule has 2 saturated heterocycles. The number of hydrogen-bond donors (Lipinski definition) is 0. The quantitative estimate of drug-likeness (QED) is 0.825. The molecular formula is C16H23N3O2. The molecule has 0 spiro atoms. The molecule has 0 unspecified atom stereocenters. The highest BCUT2D eigenvalue weighted by Crippen LogP contribution is 2.25. The Hall–Kier alpha value is -1.46. The van der Waals surface area contributed by atoms with Crippen LogP contribution in [0.15, 0.2) is 18.2 Å². The van der Waals surface area contributed by atoms with Gasteiger partial charge in [-0.1, -0.05) is 6.07 Å². The number of likely N-dealkylation sites (N-methyl/N-ethyl adjacent to an activating group) is 1. The third-order valence-electron chi connectivity index (χ3n) is 4.33. The average Bonchev–Trinajstić information content (AvgIpc) is 2.55. The summed E-state index contributed by atoms with van der Waals surface area (Å²) in [5, 5.41) is 0. The van der Waals surface area contributed by atoms with E-state index >= 15 is 0 Å². The second-order valence-electron chi connectivity index (χ2n) is 5.95. The van der Waals surface area contributed by atoms with Crippen molar-refractivity contribution in [3.8, 4) is 0 Å². The fourth-order valence-electron chi connectivity index (χ4n) is 3.13. The number of morpholine rings is 1. The largest absolute Gasteiger partial charge is 0.378 e. The number of hydrogen-bond acceptors (Lipinski definition) is 4. The Labute approximate surface area is 125 Å². The molecule has 0 saturated carbocycles. The van der Waals surface area contributed by atoms with E-state index in [9.17, 15) is 4.79 Å². The molecule has 0 bridgehead atoms. The number of pyridine rings is 1. The minimum Gasteiger partial charge on any atom is -0.378 e. The molecule has 21 heavy (non-hydrogen) atoms. The molecule has 1 aromatic heterocycles. The van der Waals surface area contributed by atoms with Crippen LogP contribution in [0.1, 0.15) is 34.9 Å². The summed E-state index contributed by atoms with van der Waals surface area (Å²) in [6.45, 7) is 4.76. The van der Waals surface area contributed by atoms with E-state index < -0.39 is 0 Å². The molecule has 2 aliphatic rings. The van der Waals surface area contributed by atoms with Crippen LogP contribution in [-0.4, -0.2) is 67.1 Å². The molecule has 2 aliphatic heterocycles. The van der Waals surface area contributed by atoms with Crippen molar-refractivity contribution in [2.24, 2.45) is 0 Å². The van der Waals surface area contributed by atoms with Gasteiger partial charge in [-0.3, -0.25) is 4.79 Å². The van der Waals surface area contributed by atoms with Crippen molar-refractivity contribution in [2.75, 3.05) is 46.4 Å². The summed E-state index contributed by atoms with van der Waals surface area (Å²) in [4.78, 5) is 21.3. The van der Waals surface area contributed by atoms with Crippen LogP contribution in [0, 0.1) is 0 Å². The van der Waals surface area contributed by atoms with Crippen LogP contribution in [0.25, 0.3) is 0 Å². The number of carbonyl (C=O) groups is 1. The molecule has 0 aromatic carbocycles. The standard InChI is InChI=1S/C16H23N3O2/c1-18-7-3-4-13(12-18)14-5-2-6-15(17-14)16(20)19-8-10-21-11-9-19/h2,5-6,13H,3-4,7-12H2,1H3/t13-/m1/s1. The van der Waals surface area contributed by atoms with Gasteiger partial charge in [-0.05, 0) is 38.6 Å². The summed E-state index contributed by atoms with van der Waals surface area (Å²) >= 11 is 0. The summed E-state index contributed by atoms with van der Waals surface area (Å²) in [7, 11) is 2.15. The molecule has 114 valence electrons. The molecule has 0 radical (unpaired) electrons. The highest BCUT2D eigenvalue weighted by molar-refractivity contribution is 5.92. The van der Waals surface area contributed by atoms with Crippen molar-refractivity contribution in [1.29, 1.82) is 0 Å². The van der Waals surface area contributed by atoms with Crippen LogP contribution >= 0.6 is 0 Å². The monoisotopic (exact) mass is 289 g/mol. The summed E-state index contributed by atoms with van der Waals surface area (Å²) in [5.74, 6) is 0.477. The Kier molecular flexibility index (Phi) is 4.51. The van der Waals surface area contributed by atoms with E-state index in [-0.39, 0.29) is 5.91 Å². The Morgan fingerprint density at radius 1 is 1.29 bits per heavy atom. The first-order chi connectivity index (χ1) is 10.2. The van der Waals surface area contributed by atoms with Gasteiger partial charge >= 0.3 is 0 Å². The van der Waals surface area contributed by atoms with Crippen LogP contribution in [0.2, 0.25) is 0 Å². The van der Waals surface area contributed by atoms with Crippen molar-refractivity contribution in [1.82, 2.24) is 14.8 Å². The SMILES string of the molecule is CN1CCC[C@@H](c2cccc(C(=O)N3CCOCC3)n2)C1. The van der Waals surface area contributed by atoms with E-state index in [1.165, 1.54) is 6.42 Å². The van der Waals surface area contributed by atoms with Crippen molar-refractivity contribution in [3.05, 3.63) is 29.6 Å². The predicted octanol–water partition coefficient (Wildman–Crippen LogP) is 1.36. The van der Waals surface area contributed by atoms with Crippen LogP contribution in [0.3, 0.4) is 0 Å². The lowest BCUT2D eigenvalue weighted by Crippen LogP contribution is -2.41. The van der Waals surface area contributed by atoms with Crippen LogP contribution < -0.4 is 0 Å². The summed E-state index contributed by atoms with van der Waals surface area (Å²) in [6.07, 6.45) is 2.36. The summed E-state index contributed by atoms with van der Waals surface area (Å²) < 4.78 is 5.30. The number of likely N-dealkylation sites (tertiary alicyclic amines) is 1. The van der Waals surface area contributed by atoms with Gasteiger partial charge in [-0.15, -0.1) is 0 Å². The first kappa shape index (κ1) is 14.5. The van der Waals surface area contributed by atoms with Gasteiger partial charge in [0.2, 0.25) is 0 Å². The topological polar surface area (TPSA) is 45.7 Å². The van der Waals surface area contributed by atoms with Gasteiger partial charge in [-0.25, -0.2) is 4.98 Å². The molecule has 1 amide bonds. The van der Waals surface area contributed by atoms with E-state index in [1.807, 2.05) is 17.0 Å². The molecule has 1 atom stereocenters. The number of amides is 1. The highest BCUT2D eigenvalue weighted by atomic mass is 16.5. The Balaban J connectivity index is 1.74. The number of ether oxygens (including phenoxy) is 1. The molecule has 0 N–H and O–H groups in total. The molecule has 1 aromatic rings. The van der Waals surface area contributed by atoms with Crippen LogP contribution in [-0.2, 0) is 4.74 Å². The van der Waals surface area contributed by atoms with Gasteiger partial charge in [0.25, 0.3) is 5.91 Å². The first-order valence-corrected chi connectivity index (χ1v) is 7.76. The molecule has 5 heteroatoms. The second-order valence-corrected chi connectivity index (χ2v) is 5.95. The zero-order valence-corrected chi connectivity index (χ0v) is 12.6. The zero-order valence-electron chi connectivity index (χ0n) is 12.6. The van der Waals surface area contributed by atoms with E-state index in [0.29, 0.717) is 37.9 Å². The first-order valence-electron chi connectivity index (χ1n) is 7.76. The van der Waals surface area contributed by atoms with E-state index in [1.54, 1.807) is 0 Å². The van der Waals surface area contributed by atoms with Crippen LogP contribution in [0.5, 0.6) is 0 Å². The smallest absolute Gasteiger partial charge is 0.272 e. The van der Waals surface area contributed by atoms with Gasteiger partial charge in [-0.2, -0.15) is 0 Å². The number of nitrogens with zero attached hydrogens (tertiary/aromatic N) is 3. The second kappa shape index (κ2) is 6.54. The van der Waals surface area contributed by atoms with E-state index in [2.05, 4.69) is 23.0 Å². The lowest BCUT2D eigenvalue weighted by Gasteiger charge is -2.30. The minimum atomic E-state index is 0.0318. The van der Waals surface area contributed by atoms with Gasteiger partial charge in [0.15, 0.2) is 0 Å². The number of piperidine rings is 1. The maximum absolute atomic E-state index is 12.5. The average molecular weight is 289 g/mol. The molecule has 0 aliphatic carbocycles. The third kappa shape index (κ3) is 3.41. The molecule has 3 heterocycles. The summed E-state index contributed by atoms with van der Waals surface area (Å²) in [5.41, 5.74) is 1.63. The number of rotatable bonds is 2. The van der Waals surface area contributed by atoms with Crippen molar-refractivity contribution in [3.63, 3.8) is 0 Å². The molecule has 2 fully saturated rings. The predicted molar refractivity (Wildman–Crippen MR) is 80.4 cm³/mol. The van der Waals surface area contributed by atoms with Gasteiger partial charge in [0, 0.05) is 31.2 Å². The molecule has 5 nitrogen and oxygen atoms in total.